The fourth-order valence-electron chi connectivity index (χ4n) is 3.02. The molecule has 0 aliphatic rings. The largest absolute Gasteiger partial charge is 0.342 e. The lowest BCUT2D eigenvalue weighted by Gasteiger charge is -2.05. The van der Waals surface area contributed by atoms with Gasteiger partial charge < -0.3 is 4.57 Å². The van der Waals surface area contributed by atoms with Crippen LogP contribution in [-0.4, -0.2) is 4.57 Å². The monoisotopic (exact) mass is 381 g/mol. The summed E-state index contributed by atoms with van der Waals surface area (Å²) in [5.74, 6) is 0.617. The quantitative estimate of drug-likeness (QED) is 0.345. The highest BCUT2D eigenvalue weighted by Gasteiger charge is 2.10. The summed E-state index contributed by atoms with van der Waals surface area (Å²) in [6.07, 6.45) is 2.18. The molecule has 0 aliphatic heterocycles. The second-order valence-electron chi connectivity index (χ2n) is 6.14. The minimum atomic E-state index is -0.206. The van der Waals surface area contributed by atoms with E-state index in [4.69, 9.17) is 11.6 Å². The van der Waals surface area contributed by atoms with Crippen molar-refractivity contribution in [1.29, 1.82) is 0 Å². The van der Waals surface area contributed by atoms with Crippen LogP contribution in [0.4, 0.5) is 4.39 Å². The summed E-state index contributed by atoms with van der Waals surface area (Å²) >= 11 is 8.07. The molecule has 0 N–H and O–H groups in total. The third-order valence-corrected chi connectivity index (χ3v) is 5.82. The summed E-state index contributed by atoms with van der Waals surface area (Å²) in [5, 5.41) is 2.03. The molecule has 0 saturated heterocycles. The van der Waals surface area contributed by atoms with Gasteiger partial charge in [0.15, 0.2) is 0 Å². The van der Waals surface area contributed by atoms with Crippen LogP contribution in [0.15, 0.2) is 83.9 Å². The van der Waals surface area contributed by atoms with Crippen LogP contribution in [-0.2, 0) is 12.3 Å². The molecule has 0 unspecified atom stereocenters. The highest BCUT2D eigenvalue weighted by atomic mass is 35.5. The van der Waals surface area contributed by atoms with Crippen molar-refractivity contribution in [2.45, 2.75) is 17.2 Å². The minimum absolute atomic E-state index is 0.206. The van der Waals surface area contributed by atoms with Crippen molar-refractivity contribution in [3.05, 3.63) is 101 Å². The van der Waals surface area contributed by atoms with E-state index in [0.717, 1.165) is 21.9 Å². The molecule has 0 radical (unpaired) electrons. The summed E-state index contributed by atoms with van der Waals surface area (Å²) < 4.78 is 15.4. The number of halogens is 2. The lowest BCUT2D eigenvalue weighted by molar-refractivity contribution is 0.626. The number of hydrogen-bond donors (Lipinski definition) is 0. The van der Waals surface area contributed by atoms with E-state index in [2.05, 4.69) is 35.0 Å². The average molecular weight is 382 g/mol. The van der Waals surface area contributed by atoms with Crippen molar-refractivity contribution in [3.8, 4) is 0 Å². The van der Waals surface area contributed by atoms with E-state index in [-0.39, 0.29) is 5.82 Å². The first-order valence-corrected chi connectivity index (χ1v) is 9.75. The number of benzene rings is 3. The van der Waals surface area contributed by atoms with Gasteiger partial charge in [0, 0.05) is 39.3 Å². The summed E-state index contributed by atoms with van der Waals surface area (Å²) in [4.78, 5) is 1.22. The summed E-state index contributed by atoms with van der Waals surface area (Å²) in [5.41, 5.74) is 3.39. The Bertz CT molecular complexity index is 1040. The number of fused-ring (bicyclic) bond motifs is 1. The summed E-state index contributed by atoms with van der Waals surface area (Å²) in [6, 6.07) is 23.0. The Kier molecular flexibility index (Phi) is 5.00. The Hall–Kier alpha value is -2.23. The predicted molar refractivity (Wildman–Crippen MR) is 108 cm³/mol. The van der Waals surface area contributed by atoms with Crippen LogP contribution in [0.1, 0.15) is 11.1 Å². The topological polar surface area (TPSA) is 4.93 Å². The molecule has 26 heavy (non-hydrogen) atoms. The molecule has 0 amide bonds. The fraction of sp³-hybridized carbons (Fsp3) is 0.0909. The van der Waals surface area contributed by atoms with Crippen molar-refractivity contribution in [1.82, 2.24) is 4.57 Å². The maximum absolute atomic E-state index is 13.2. The molecule has 130 valence electrons. The SMILES string of the molecule is Fc1ccc(Cn2cc(SCc3ccccc3Cl)c3ccccc32)cc1. The third kappa shape index (κ3) is 3.64. The molecular weight excluding hydrogens is 365 g/mol. The smallest absolute Gasteiger partial charge is 0.123 e. The van der Waals surface area contributed by atoms with E-state index < -0.39 is 0 Å². The van der Waals surface area contributed by atoms with Crippen LogP contribution in [0.2, 0.25) is 5.02 Å². The van der Waals surface area contributed by atoms with E-state index in [0.29, 0.717) is 6.54 Å². The van der Waals surface area contributed by atoms with Gasteiger partial charge in [-0.05, 0) is 35.4 Å². The van der Waals surface area contributed by atoms with Gasteiger partial charge in [-0.2, -0.15) is 0 Å². The van der Waals surface area contributed by atoms with Crippen LogP contribution >= 0.6 is 23.4 Å². The predicted octanol–water partition coefficient (Wildman–Crippen LogP) is 6.77. The molecule has 0 atom stereocenters. The van der Waals surface area contributed by atoms with Crippen molar-refractivity contribution < 1.29 is 4.39 Å². The first-order valence-electron chi connectivity index (χ1n) is 8.39. The first-order chi connectivity index (χ1) is 12.7. The fourth-order valence-corrected chi connectivity index (χ4v) is 4.39. The zero-order valence-electron chi connectivity index (χ0n) is 14.0. The molecule has 3 aromatic carbocycles. The zero-order valence-corrected chi connectivity index (χ0v) is 15.6. The first kappa shape index (κ1) is 17.2. The zero-order chi connectivity index (χ0) is 17.9. The van der Waals surface area contributed by atoms with E-state index in [1.54, 1.807) is 11.8 Å². The number of thioether (sulfide) groups is 1. The normalized spacial score (nSPS) is 11.2. The van der Waals surface area contributed by atoms with Crippen molar-refractivity contribution in [2.75, 3.05) is 0 Å². The second kappa shape index (κ2) is 7.56. The van der Waals surface area contributed by atoms with Crippen molar-refractivity contribution in [2.24, 2.45) is 0 Å². The van der Waals surface area contributed by atoms with Crippen molar-refractivity contribution >= 4 is 34.3 Å². The molecule has 1 aromatic heterocycles. The summed E-state index contributed by atoms with van der Waals surface area (Å²) in [7, 11) is 0. The van der Waals surface area contributed by atoms with Crippen LogP contribution in [0.25, 0.3) is 10.9 Å². The maximum Gasteiger partial charge on any atom is 0.123 e. The van der Waals surface area contributed by atoms with Crippen molar-refractivity contribution in [3.63, 3.8) is 0 Å². The molecule has 1 nitrogen and oxygen atoms in total. The molecule has 0 bridgehead atoms. The van der Waals surface area contributed by atoms with Gasteiger partial charge in [0.25, 0.3) is 0 Å². The van der Waals surface area contributed by atoms with E-state index in [1.807, 2.05) is 36.4 Å². The third-order valence-electron chi connectivity index (χ3n) is 4.36. The maximum atomic E-state index is 13.2. The number of para-hydroxylation sites is 1. The van der Waals surface area contributed by atoms with Gasteiger partial charge in [-0.3, -0.25) is 0 Å². The Balaban J connectivity index is 1.63. The van der Waals surface area contributed by atoms with Gasteiger partial charge in [-0.1, -0.05) is 60.1 Å². The molecule has 4 heteroatoms. The summed E-state index contributed by atoms with van der Waals surface area (Å²) in [6.45, 7) is 0.716. The molecule has 0 spiro atoms. The number of rotatable bonds is 5. The molecule has 4 rings (SSSR count). The standard InChI is InChI=1S/C22H17ClFNS/c23-20-7-3-1-5-17(20)15-26-22-14-25(21-8-4-2-6-19(21)22)13-16-9-11-18(24)12-10-16/h1-12,14H,13,15H2. The Labute approximate surface area is 161 Å². The molecule has 1 heterocycles. The van der Waals surface area contributed by atoms with Crippen LogP contribution in [0, 0.1) is 5.82 Å². The van der Waals surface area contributed by atoms with Gasteiger partial charge in [-0.15, -0.1) is 11.8 Å². The minimum Gasteiger partial charge on any atom is -0.342 e. The van der Waals surface area contributed by atoms with Gasteiger partial charge in [0.1, 0.15) is 5.82 Å². The lowest BCUT2D eigenvalue weighted by Crippen LogP contribution is -1.97. The van der Waals surface area contributed by atoms with E-state index in [9.17, 15) is 4.39 Å². The molecular formula is C22H17ClFNS. The van der Waals surface area contributed by atoms with Gasteiger partial charge in [0.2, 0.25) is 0 Å². The molecule has 0 fully saturated rings. The molecule has 0 saturated carbocycles. The van der Waals surface area contributed by atoms with Crippen LogP contribution < -0.4 is 0 Å². The molecule has 0 aliphatic carbocycles. The van der Waals surface area contributed by atoms with Gasteiger partial charge in [0.05, 0.1) is 0 Å². The average Bonchev–Trinajstić information content (AvgIpc) is 3.01. The highest BCUT2D eigenvalue weighted by molar-refractivity contribution is 7.98. The Morgan fingerprint density at radius 1 is 0.885 bits per heavy atom. The Morgan fingerprint density at radius 3 is 2.42 bits per heavy atom. The number of nitrogens with zero attached hydrogens (tertiary/aromatic N) is 1. The number of aromatic nitrogens is 1. The van der Waals surface area contributed by atoms with Crippen LogP contribution in [0.5, 0.6) is 0 Å². The number of hydrogen-bond acceptors (Lipinski definition) is 1. The Morgan fingerprint density at radius 2 is 1.62 bits per heavy atom. The van der Waals surface area contributed by atoms with E-state index in [1.165, 1.54) is 27.9 Å². The lowest BCUT2D eigenvalue weighted by atomic mass is 10.2. The van der Waals surface area contributed by atoms with E-state index >= 15 is 0 Å². The second-order valence-corrected chi connectivity index (χ2v) is 7.57. The van der Waals surface area contributed by atoms with Crippen LogP contribution in [0.3, 0.4) is 0 Å². The molecule has 4 aromatic rings. The van der Waals surface area contributed by atoms with Gasteiger partial charge >= 0.3 is 0 Å². The highest BCUT2D eigenvalue weighted by Crippen LogP contribution is 2.33. The van der Waals surface area contributed by atoms with Gasteiger partial charge in [-0.25, -0.2) is 4.39 Å².